The van der Waals surface area contributed by atoms with Crippen LogP contribution in [-0.4, -0.2) is 81.0 Å². The van der Waals surface area contributed by atoms with Crippen LogP contribution in [0, 0.1) is 18.7 Å². The van der Waals surface area contributed by atoms with Crippen LogP contribution in [0.3, 0.4) is 0 Å². The molecule has 0 amide bonds. The molecule has 2 aromatic carbocycles. The molecule has 1 unspecified atom stereocenters. The lowest BCUT2D eigenvalue weighted by Crippen LogP contribution is -2.39. The Kier molecular flexibility index (Phi) is 12.6. The van der Waals surface area contributed by atoms with Crippen molar-refractivity contribution >= 4 is 33.6 Å². The Balaban J connectivity index is 0.000000494. The predicted octanol–water partition coefficient (Wildman–Crippen LogP) is 9.56. The molecule has 0 radical (unpaired) electrons. The van der Waals surface area contributed by atoms with E-state index in [1.807, 2.05) is 31.6 Å². The second-order valence-corrected chi connectivity index (χ2v) is 17.4. The van der Waals surface area contributed by atoms with Gasteiger partial charge in [-0.3, -0.25) is 9.48 Å². The van der Waals surface area contributed by atoms with Crippen LogP contribution in [-0.2, 0) is 25.5 Å². The first-order valence-corrected chi connectivity index (χ1v) is 21.4. The molecule has 0 spiro atoms. The summed E-state index contributed by atoms with van der Waals surface area (Å²) in [4.78, 5) is 22.8. The lowest BCUT2D eigenvalue weighted by molar-refractivity contribution is -0.153. The molecular weight excluding hydrogens is 726 g/mol. The standard InChI is InChI=1S/C38H48FN5O4.C7H14O2/c1-4-5-6-9-25-14-22(2)18-43(25)37-29-15-28(24-11-12-24)34(36(45)35(29)41-38(42-37)48-27-20-46-21-27)33-23(3)31(39)16-32-30(33)17-40-44(32)19-26-10-7-8-13-47-26;1-5-7(3,4)9-6(2)8/h15-17,22,24-27,45H,4-14,18-21H2,1-3H3;5H2,1-4H3/t22-,25+,26?;/m0./s1. The van der Waals surface area contributed by atoms with Crippen LogP contribution in [0.25, 0.3) is 32.9 Å². The number of ether oxygens (including phenoxy) is 4. The van der Waals surface area contributed by atoms with Gasteiger partial charge in [-0.15, -0.1) is 0 Å². The van der Waals surface area contributed by atoms with E-state index in [4.69, 9.17) is 34.0 Å². The molecule has 4 aromatic rings. The monoisotopic (exact) mass is 787 g/mol. The molecule has 5 heterocycles. The number of benzene rings is 2. The highest BCUT2D eigenvalue weighted by Crippen LogP contribution is 2.53. The van der Waals surface area contributed by atoms with Crippen LogP contribution in [0.1, 0.15) is 129 Å². The van der Waals surface area contributed by atoms with Crippen molar-refractivity contribution in [1.29, 1.82) is 0 Å². The molecule has 1 aliphatic carbocycles. The third kappa shape index (κ3) is 9.17. The van der Waals surface area contributed by atoms with E-state index >= 15 is 4.39 Å². The van der Waals surface area contributed by atoms with Crippen molar-refractivity contribution in [3.8, 4) is 22.9 Å². The van der Waals surface area contributed by atoms with Crippen molar-refractivity contribution in [3.63, 3.8) is 0 Å². The van der Waals surface area contributed by atoms with Gasteiger partial charge in [0.05, 0.1) is 37.6 Å². The van der Waals surface area contributed by atoms with E-state index in [-0.39, 0.29) is 47.3 Å². The molecule has 11 nitrogen and oxygen atoms in total. The van der Waals surface area contributed by atoms with Gasteiger partial charge in [-0.25, -0.2) is 4.39 Å². The summed E-state index contributed by atoms with van der Waals surface area (Å²) in [6, 6.07) is 4.38. The van der Waals surface area contributed by atoms with Gasteiger partial charge in [0.15, 0.2) is 0 Å². The van der Waals surface area contributed by atoms with Crippen molar-refractivity contribution in [2.24, 2.45) is 5.92 Å². The molecule has 3 aliphatic heterocycles. The van der Waals surface area contributed by atoms with E-state index in [0.717, 1.165) is 86.7 Å². The number of fused-ring (bicyclic) bond motifs is 2. The van der Waals surface area contributed by atoms with Crippen LogP contribution < -0.4 is 9.64 Å². The lowest BCUT2D eigenvalue weighted by Gasteiger charge is -2.29. The minimum Gasteiger partial charge on any atom is -0.505 e. The maximum atomic E-state index is 15.9. The Hall–Kier alpha value is -4.03. The normalized spacial score (nSPS) is 21.4. The van der Waals surface area contributed by atoms with E-state index in [1.165, 1.54) is 26.2 Å². The number of aromatic nitrogens is 4. The fraction of sp³-hybridized carbons (Fsp3) is 0.644. The van der Waals surface area contributed by atoms with Gasteiger partial charge < -0.3 is 29.0 Å². The zero-order chi connectivity index (χ0) is 40.4. The van der Waals surface area contributed by atoms with Gasteiger partial charge in [-0.2, -0.15) is 15.1 Å². The Labute approximate surface area is 336 Å². The van der Waals surface area contributed by atoms with Crippen LogP contribution >= 0.6 is 0 Å². The minimum atomic E-state index is -0.316. The lowest BCUT2D eigenvalue weighted by atomic mass is 9.88. The van der Waals surface area contributed by atoms with E-state index in [2.05, 4.69) is 24.8 Å². The first kappa shape index (κ1) is 41.1. The van der Waals surface area contributed by atoms with E-state index in [9.17, 15) is 9.90 Å². The van der Waals surface area contributed by atoms with Gasteiger partial charge in [0, 0.05) is 54.1 Å². The van der Waals surface area contributed by atoms with Crippen molar-refractivity contribution in [2.75, 3.05) is 31.3 Å². The number of anilines is 1. The third-order valence-corrected chi connectivity index (χ3v) is 12.2. The average molecular weight is 788 g/mol. The summed E-state index contributed by atoms with van der Waals surface area (Å²) in [5, 5.41) is 18.8. The number of hydrogen-bond donors (Lipinski definition) is 1. The van der Waals surface area contributed by atoms with Crippen LogP contribution in [0.15, 0.2) is 18.3 Å². The van der Waals surface area contributed by atoms with Crippen molar-refractivity contribution in [1.82, 2.24) is 19.7 Å². The number of aromatic hydroxyl groups is 1. The van der Waals surface area contributed by atoms with Gasteiger partial charge in [-0.1, -0.05) is 40.0 Å². The smallest absolute Gasteiger partial charge is 0.319 e. The summed E-state index contributed by atoms with van der Waals surface area (Å²) in [6.07, 6.45) is 13.6. The minimum absolute atomic E-state index is 0.0551. The highest BCUT2D eigenvalue weighted by molar-refractivity contribution is 6.06. The number of nitrogens with zero attached hydrogens (tertiary/aromatic N) is 5. The fourth-order valence-corrected chi connectivity index (χ4v) is 8.59. The van der Waals surface area contributed by atoms with Crippen LogP contribution in [0.2, 0.25) is 0 Å². The van der Waals surface area contributed by atoms with Crippen LogP contribution in [0.4, 0.5) is 10.2 Å². The van der Waals surface area contributed by atoms with Gasteiger partial charge in [0.25, 0.3) is 0 Å². The zero-order valence-electron chi connectivity index (χ0n) is 35.0. The quantitative estimate of drug-likeness (QED) is 0.104. The summed E-state index contributed by atoms with van der Waals surface area (Å²) in [5.41, 5.74) is 3.73. The largest absolute Gasteiger partial charge is 0.505 e. The second-order valence-electron chi connectivity index (χ2n) is 17.4. The highest BCUT2D eigenvalue weighted by atomic mass is 19.1. The number of hydrogen-bond acceptors (Lipinski definition) is 10. The summed E-state index contributed by atoms with van der Waals surface area (Å²) >= 11 is 0. The number of phenols is 1. The maximum absolute atomic E-state index is 15.9. The third-order valence-electron chi connectivity index (χ3n) is 12.2. The summed E-state index contributed by atoms with van der Waals surface area (Å²) in [6.45, 7) is 16.8. The molecule has 12 heteroatoms. The number of carbonyl (C=O) groups excluding carboxylic acids is 1. The maximum Gasteiger partial charge on any atom is 0.319 e. The number of carbonyl (C=O) groups is 1. The van der Waals surface area contributed by atoms with Crippen molar-refractivity contribution in [2.45, 2.75) is 155 Å². The molecule has 0 bridgehead atoms. The molecule has 310 valence electrons. The number of unbranched alkanes of at least 4 members (excludes halogenated alkanes) is 2. The molecule has 57 heavy (non-hydrogen) atoms. The fourth-order valence-electron chi connectivity index (χ4n) is 8.59. The molecular formula is C45H62FN5O6. The van der Waals surface area contributed by atoms with E-state index in [1.54, 1.807) is 13.0 Å². The average Bonchev–Trinajstić information content (AvgIpc) is 3.84. The SMILES string of the molecule is CCC(C)(C)OC(C)=O.CCCCC[C@@H]1C[C@H](C)CN1c1nc(OC2COC2)nc2c(O)c(-c3c(C)c(F)cc4c3cnn4CC3CCCCO3)c(C3CC3)cc12. The number of phenolic OH excluding ortho intramolecular Hbond substituents is 1. The Bertz CT molecular complexity index is 2050. The molecule has 2 aromatic heterocycles. The van der Waals surface area contributed by atoms with Crippen molar-refractivity contribution in [3.05, 3.63) is 35.3 Å². The van der Waals surface area contributed by atoms with Crippen LogP contribution in [0.5, 0.6) is 11.8 Å². The predicted molar refractivity (Wildman–Crippen MR) is 221 cm³/mol. The molecule has 4 fully saturated rings. The van der Waals surface area contributed by atoms with Gasteiger partial charge >= 0.3 is 12.0 Å². The first-order chi connectivity index (χ1) is 27.4. The topological polar surface area (TPSA) is 121 Å². The number of esters is 1. The molecule has 1 saturated carbocycles. The number of rotatable bonds is 13. The van der Waals surface area contributed by atoms with Gasteiger partial charge in [-0.05, 0) is 101 Å². The zero-order valence-corrected chi connectivity index (χ0v) is 35.0. The second kappa shape index (κ2) is 17.4. The van der Waals surface area contributed by atoms with E-state index < -0.39 is 0 Å². The molecule has 3 saturated heterocycles. The van der Waals surface area contributed by atoms with E-state index in [0.29, 0.717) is 59.4 Å². The Morgan fingerprint density at radius 2 is 1.86 bits per heavy atom. The number of halogens is 1. The summed E-state index contributed by atoms with van der Waals surface area (Å²) in [5.74, 6) is 1.16. The summed E-state index contributed by atoms with van der Waals surface area (Å²) in [7, 11) is 0. The highest BCUT2D eigenvalue weighted by Gasteiger charge is 2.36. The van der Waals surface area contributed by atoms with Crippen molar-refractivity contribution < 1.29 is 33.2 Å². The Morgan fingerprint density at radius 3 is 2.49 bits per heavy atom. The van der Waals surface area contributed by atoms with Gasteiger partial charge in [0.1, 0.15) is 34.6 Å². The molecule has 4 aliphatic rings. The summed E-state index contributed by atoms with van der Waals surface area (Å²) < 4.78 is 40.4. The molecule has 8 rings (SSSR count). The molecule has 3 atom stereocenters. The molecule has 1 N–H and O–H groups in total. The van der Waals surface area contributed by atoms with Gasteiger partial charge in [0.2, 0.25) is 0 Å². The Morgan fingerprint density at radius 1 is 1.07 bits per heavy atom. The first-order valence-electron chi connectivity index (χ1n) is 21.4.